The van der Waals surface area contributed by atoms with E-state index in [9.17, 15) is 18.3 Å². The lowest BCUT2D eigenvalue weighted by atomic mass is 10.1. The Morgan fingerprint density at radius 3 is 2.24 bits per heavy atom. The van der Waals surface area contributed by atoms with Gasteiger partial charge in [0.15, 0.2) is 0 Å². The monoisotopic (exact) mass is 322 g/mol. The van der Waals surface area contributed by atoms with Crippen LogP contribution in [0.5, 0.6) is 0 Å². The van der Waals surface area contributed by atoms with Crippen LogP contribution in [0.3, 0.4) is 0 Å². The fourth-order valence-corrected chi connectivity index (χ4v) is 3.03. The average molecular weight is 323 g/mol. The molecule has 6 heteroatoms. The lowest BCUT2D eigenvalue weighted by Gasteiger charge is -2.12. The summed E-state index contributed by atoms with van der Waals surface area (Å²) in [7, 11) is 0. The van der Waals surface area contributed by atoms with Gasteiger partial charge in [-0.3, -0.25) is 0 Å². The van der Waals surface area contributed by atoms with Gasteiger partial charge in [0.1, 0.15) is 23.6 Å². The molecule has 0 saturated carbocycles. The number of halogens is 4. The molecule has 0 radical (unpaired) electrons. The van der Waals surface area contributed by atoms with Crippen molar-refractivity contribution in [1.29, 1.82) is 0 Å². The van der Waals surface area contributed by atoms with Gasteiger partial charge in [-0.2, -0.15) is 0 Å². The molecular weight excluding hydrogens is 317 g/mol. The van der Waals surface area contributed by atoms with Gasteiger partial charge >= 0.3 is 0 Å². The Balaban J connectivity index is 2.51. The first-order chi connectivity index (χ1) is 8.00. The van der Waals surface area contributed by atoms with E-state index < -0.39 is 29.1 Å². The number of hydrogen-bond acceptors (Lipinski definition) is 2. The summed E-state index contributed by atoms with van der Waals surface area (Å²) >= 11 is 4.31. The van der Waals surface area contributed by atoms with E-state index in [1.165, 1.54) is 0 Å². The van der Waals surface area contributed by atoms with E-state index in [1.807, 2.05) is 0 Å². The first-order valence-corrected chi connectivity index (χ1v) is 6.23. The van der Waals surface area contributed by atoms with Crippen LogP contribution in [0, 0.1) is 17.5 Å². The Labute approximate surface area is 108 Å². The molecule has 90 valence electrons. The molecule has 1 N–H and O–H groups in total. The Kier molecular flexibility index (Phi) is 3.56. The second-order valence-corrected chi connectivity index (χ2v) is 5.12. The molecule has 1 atom stereocenters. The molecule has 1 unspecified atom stereocenters. The quantitative estimate of drug-likeness (QED) is 0.885. The highest BCUT2D eigenvalue weighted by molar-refractivity contribution is 9.10. The van der Waals surface area contributed by atoms with Gasteiger partial charge in [0.25, 0.3) is 0 Å². The number of hydrogen-bond donors (Lipinski definition) is 1. The minimum atomic E-state index is -1.45. The van der Waals surface area contributed by atoms with Crippen molar-refractivity contribution in [2.24, 2.45) is 0 Å². The molecule has 2 aromatic rings. The summed E-state index contributed by atoms with van der Waals surface area (Å²) in [5.74, 6) is -3.22. The van der Waals surface area contributed by atoms with Gasteiger partial charge in [0.05, 0.1) is 10.4 Å². The van der Waals surface area contributed by atoms with Crippen LogP contribution in [-0.4, -0.2) is 5.11 Å². The van der Waals surface area contributed by atoms with Crippen molar-refractivity contribution >= 4 is 27.3 Å². The zero-order valence-corrected chi connectivity index (χ0v) is 10.7. The molecule has 0 aliphatic carbocycles. The molecular formula is C11H6BrF3OS. The standard InChI is InChI=1S/C11H6BrF3OS/c12-6-1-2-17-11(6)10(16)9-7(14)3-5(13)4-8(9)15/h1-4,10,16H. The van der Waals surface area contributed by atoms with Crippen LogP contribution in [0.2, 0.25) is 0 Å². The molecule has 0 spiro atoms. The minimum absolute atomic E-state index is 0.370. The zero-order chi connectivity index (χ0) is 12.6. The van der Waals surface area contributed by atoms with Crippen molar-refractivity contribution in [3.8, 4) is 0 Å². The van der Waals surface area contributed by atoms with Crippen LogP contribution in [0.15, 0.2) is 28.1 Å². The SMILES string of the molecule is OC(c1sccc1Br)c1c(F)cc(F)cc1F. The molecule has 0 bridgehead atoms. The molecule has 0 aliphatic rings. The van der Waals surface area contributed by atoms with Crippen molar-refractivity contribution in [3.63, 3.8) is 0 Å². The molecule has 0 amide bonds. The maximum atomic E-state index is 13.4. The number of aliphatic hydroxyl groups excluding tert-OH is 1. The minimum Gasteiger partial charge on any atom is -0.383 e. The fraction of sp³-hybridized carbons (Fsp3) is 0.0909. The molecule has 2 rings (SSSR count). The zero-order valence-electron chi connectivity index (χ0n) is 8.25. The first kappa shape index (κ1) is 12.6. The summed E-state index contributed by atoms with van der Waals surface area (Å²) < 4.78 is 40.1. The van der Waals surface area contributed by atoms with Crippen LogP contribution in [-0.2, 0) is 0 Å². The van der Waals surface area contributed by atoms with Gasteiger partial charge in [0, 0.05) is 16.6 Å². The second kappa shape index (κ2) is 4.80. The largest absolute Gasteiger partial charge is 0.383 e. The van der Waals surface area contributed by atoms with Crippen LogP contribution in [0.4, 0.5) is 13.2 Å². The van der Waals surface area contributed by atoms with E-state index in [0.717, 1.165) is 11.3 Å². The van der Waals surface area contributed by atoms with Gasteiger partial charge in [-0.05, 0) is 27.4 Å². The highest BCUT2D eigenvalue weighted by Gasteiger charge is 2.23. The second-order valence-electron chi connectivity index (χ2n) is 3.32. The van der Waals surface area contributed by atoms with E-state index in [4.69, 9.17) is 0 Å². The molecule has 1 nitrogen and oxygen atoms in total. The Morgan fingerprint density at radius 2 is 1.76 bits per heavy atom. The average Bonchev–Trinajstić information content (AvgIpc) is 2.62. The Bertz CT molecular complexity index is 532. The van der Waals surface area contributed by atoms with E-state index in [-0.39, 0.29) is 0 Å². The van der Waals surface area contributed by atoms with Crippen LogP contribution in [0.25, 0.3) is 0 Å². The number of aliphatic hydroxyl groups is 1. The van der Waals surface area contributed by atoms with Crippen molar-refractivity contribution in [2.45, 2.75) is 6.10 Å². The number of thiophene rings is 1. The summed E-state index contributed by atoms with van der Waals surface area (Å²) in [6.07, 6.45) is -1.45. The van der Waals surface area contributed by atoms with Gasteiger partial charge in [-0.15, -0.1) is 11.3 Å². The molecule has 1 heterocycles. The maximum absolute atomic E-state index is 13.4. The molecule has 1 aromatic carbocycles. The Morgan fingerprint density at radius 1 is 1.18 bits per heavy atom. The van der Waals surface area contributed by atoms with E-state index >= 15 is 0 Å². The summed E-state index contributed by atoms with van der Waals surface area (Å²) in [4.78, 5) is 0.370. The lowest BCUT2D eigenvalue weighted by molar-refractivity contribution is 0.211. The molecule has 17 heavy (non-hydrogen) atoms. The van der Waals surface area contributed by atoms with Crippen LogP contribution < -0.4 is 0 Å². The first-order valence-electron chi connectivity index (χ1n) is 4.56. The normalized spacial score (nSPS) is 12.8. The maximum Gasteiger partial charge on any atom is 0.135 e. The summed E-state index contributed by atoms with van der Waals surface area (Å²) in [5, 5.41) is 11.6. The third-order valence-corrected chi connectivity index (χ3v) is 4.13. The predicted molar refractivity (Wildman–Crippen MR) is 62.4 cm³/mol. The summed E-state index contributed by atoms with van der Waals surface area (Å²) in [6, 6.07) is 2.74. The highest BCUT2D eigenvalue weighted by Crippen LogP contribution is 2.35. The van der Waals surface area contributed by atoms with Crippen molar-refractivity contribution in [1.82, 2.24) is 0 Å². The third-order valence-electron chi connectivity index (χ3n) is 2.21. The van der Waals surface area contributed by atoms with Crippen molar-refractivity contribution in [3.05, 3.63) is 55.9 Å². The van der Waals surface area contributed by atoms with Gasteiger partial charge in [-0.1, -0.05) is 0 Å². The summed E-state index contributed by atoms with van der Waals surface area (Å²) in [6.45, 7) is 0. The van der Waals surface area contributed by atoms with E-state index in [1.54, 1.807) is 11.4 Å². The molecule has 0 saturated heterocycles. The van der Waals surface area contributed by atoms with Crippen molar-refractivity contribution < 1.29 is 18.3 Å². The fourth-order valence-electron chi connectivity index (χ4n) is 1.45. The molecule has 0 fully saturated rings. The predicted octanol–water partition coefficient (Wildman–Crippen LogP) is 4.01. The highest BCUT2D eigenvalue weighted by atomic mass is 79.9. The molecule has 1 aromatic heterocycles. The number of rotatable bonds is 2. The van der Waals surface area contributed by atoms with Crippen LogP contribution in [0.1, 0.15) is 16.5 Å². The lowest BCUT2D eigenvalue weighted by Crippen LogP contribution is -2.05. The van der Waals surface area contributed by atoms with E-state index in [0.29, 0.717) is 21.5 Å². The van der Waals surface area contributed by atoms with Gasteiger partial charge in [-0.25, -0.2) is 13.2 Å². The van der Waals surface area contributed by atoms with Gasteiger partial charge in [0.2, 0.25) is 0 Å². The van der Waals surface area contributed by atoms with Crippen LogP contribution >= 0.6 is 27.3 Å². The van der Waals surface area contributed by atoms with E-state index in [2.05, 4.69) is 15.9 Å². The van der Waals surface area contributed by atoms with Gasteiger partial charge < -0.3 is 5.11 Å². The smallest absolute Gasteiger partial charge is 0.135 e. The molecule has 0 aliphatic heterocycles. The third kappa shape index (κ3) is 2.38. The van der Waals surface area contributed by atoms with Crippen molar-refractivity contribution in [2.75, 3.05) is 0 Å². The topological polar surface area (TPSA) is 20.2 Å². The summed E-state index contributed by atoms with van der Waals surface area (Å²) in [5.41, 5.74) is -0.547. The number of benzene rings is 1. The Hall–Kier alpha value is -0.850.